The van der Waals surface area contributed by atoms with E-state index in [1.807, 2.05) is 0 Å². The average molecular weight is 243 g/mol. The van der Waals surface area contributed by atoms with Gasteiger partial charge in [0.15, 0.2) is 5.65 Å². The summed E-state index contributed by atoms with van der Waals surface area (Å²) in [6.07, 6.45) is -2.20. The highest BCUT2D eigenvalue weighted by Gasteiger charge is 2.37. The van der Waals surface area contributed by atoms with E-state index < -0.39 is 17.3 Å². The molecule has 0 amide bonds. The van der Waals surface area contributed by atoms with Gasteiger partial charge in [-0.3, -0.25) is 14.3 Å². The molecular formula is C10H8F3N3O. The lowest BCUT2D eigenvalue weighted by molar-refractivity contribution is -0.137. The SMILES string of the molecule is Cc1c(C(F)(F)F)c2nccnc2n(C)c1=O. The van der Waals surface area contributed by atoms with Crippen molar-refractivity contribution in [2.45, 2.75) is 13.1 Å². The lowest BCUT2D eigenvalue weighted by Gasteiger charge is -2.13. The third-order valence-corrected chi connectivity index (χ3v) is 2.52. The Kier molecular flexibility index (Phi) is 2.41. The summed E-state index contributed by atoms with van der Waals surface area (Å²) in [5.74, 6) is 0. The third kappa shape index (κ3) is 1.67. The van der Waals surface area contributed by atoms with Crippen LogP contribution < -0.4 is 5.56 Å². The molecule has 90 valence electrons. The molecule has 7 heteroatoms. The Morgan fingerprint density at radius 3 is 2.41 bits per heavy atom. The molecule has 0 aliphatic heterocycles. The normalized spacial score (nSPS) is 12.1. The zero-order valence-electron chi connectivity index (χ0n) is 9.04. The van der Waals surface area contributed by atoms with Crippen molar-refractivity contribution in [3.8, 4) is 0 Å². The summed E-state index contributed by atoms with van der Waals surface area (Å²) >= 11 is 0. The Morgan fingerprint density at radius 1 is 1.24 bits per heavy atom. The van der Waals surface area contributed by atoms with Crippen LogP contribution in [0.15, 0.2) is 17.2 Å². The van der Waals surface area contributed by atoms with Gasteiger partial charge in [-0.05, 0) is 6.92 Å². The van der Waals surface area contributed by atoms with Crippen LogP contribution in [-0.4, -0.2) is 14.5 Å². The van der Waals surface area contributed by atoms with Gasteiger partial charge in [-0.15, -0.1) is 0 Å². The van der Waals surface area contributed by atoms with Crippen molar-refractivity contribution in [1.29, 1.82) is 0 Å². The third-order valence-electron chi connectivity index (χ3n) is 2.52. The summed E-state index contributed by atoms with van der Waals surface area (Å²) in [6.45, 7) is 1.14. The zero-order valence-corrected chi connectivity index (χ0v) is 9.04. The van der Waals surface area contributed by atoms with Gasteiger partial charge in [0.05, 0.1) is 5.56 Å². The fraction of sp³-hybridized carbons (Fsp3) is 0.300. The number of rotatable bonds is 0. The molecule has 0 atom stereocenters. The number of hydrogen-bond donors (Lipinski definition) is 0. The second-order valence-electron chi connectivity index (χ2n) is 3.59. The number of halogens is 3. The molecule has 0 fully saturated rings. The minimum atomic E-state index is -4.62. The highest BCUT2D eigenvalue weighted by molar-refractivity contribution is 5.76. The van der Waals surface area contributed by atoms with Crippen LogP contribution in [-0.2, 0) is 13.2 Å². The lowest BCUT2D eigenvalue weighted by atomic mass is 10.1. The molecule has 0 radical (unpaired) electrons. The molecule has 0 N–H and O–H groups in total. The summed E-state index contributed by atoms with van der Waals surface area (Å²) in [5, 5.41) is 0. The number of alkyl halides is 3. The van der Waals surface area contributed by atoms with Gasteiger partial charge in [0.1, 0.15) is 5.52 Å². The Hall–Kier alpha value is -1.92. The van der Waals surface area contributed by atoms with Crippen LogP contribution in [0.5, 0.6) is 0 Å². The van der Waals surface area contributed by atoms with Crippen LogP contribution in [0, 0.1) is 6.92 Å². The lowest BCUT2D eigenvalue weighted by Crippen LogP contribution is -2.26. The molecule has 0 saturated carbocycles. The van der Waals surface area contributed by atoms with Crippen molar-refractivity contribution >= 4 is 11.2 Å². The maximum absolute atomic E-state index is 12.9. The minimum absolute atomic E-state index is 0.0737. The van der Waals surface area contributed by atoms with Crippen molar-refractivity contribution in [3.63, 3.8) is 0 Å². The number of aryl methyl sites for hydroxylation is 1. The highest BCUT2D eigenvalue weighted by atomic mass is 19.4. The monoisotopic (exact) mass is 243 g/mol. The molecule has 2 aromatic heterocycles. The first-order valence-corrected chi connectivity index (χ1v) is 4.71. The van der Waals surface area contributed by atoms with Gasteiger partial charge < -0.3 is 0 Å². The van der Waals surface area contributed by atoms with Crippen LogP contribution in [0.2, 0.25) is 0 Å². The second kappa shape index (κ2) is 3.54. The van der Waals surface area contributed by atoms with Gasteiger partial charge in [-0.1, -0.05) is 0 Å². The Bertz CT molecular complexity index is 646. The van der Waals surface area contributed by atoms with Gasteiger partial charge in [-0.2, -0.15) is 13.2 Å². The van der Waals surface area contributed by atoms with Gasteiger partial charge in [0.25, 0.3) is 5.56 Å². The van der Waals surface area contributed by atoms with Crippen LogP contribution >= 0.6 is 0 Å². The number of aromatic nitrogens is 3. The van der Waals surface area contributed by atoms with Gasteiger partial charge >= 0.3 is 6.18 Å². The predicted molar refractivity (Wildman–Crippen MR) is 54.5 cm³/mol. The van der Waals surface area contributed by atoms with Gasteiger partial charge in [0, 0.05) is 25.0 Å². The van der Waals surface area contributed by atoms with E-state index in [9.17, 15) is 18.0 Å². The van der Waals surface area contributed by atoms with E-state index in [2.05, 4.69) is 9.97 Å². The molecule has 17 heavy (non-hydrogen) atoms. The van der Waals surface area contributed by atoms with E-state index in [0.29, 0.717) is 0 Å². The molecule has 0 bridgehead atoms. The molecule has 0 saturated heterocycles. The molecule has 2 rings (SSSR count). The van der Waals surface area contributed by atoms with Crippen molar-refractivity contribution in [2.24, 2.45) is 7.05 Å². The summed E-state index contributed by atoms with van der Waals surface area (Å²) in [5.41, 5.74) is -2.47. The molecule has 2 heterocycles. The van der Waals surface area contributed by atoms with Gasteiger partial charge in [-0.25, -0.2) is 4.98 Å². The minimum Gasteiger partial charge on any atom is -0.294 e. The van der Waals surface area contributed by atoms with Crippen LogP contribution in [0.3, 0.4) is 0 Å². The van der Waals surface area contributed by atoms with Crippen LogP contribution in [0.25, 0.3) is 11.2 Å². The summed E-state index contributed by atoms with van der Waals surface area (Å²) in [7, 11) is 1.37. The Labute approximate surface area is 93.7 Å². The summed E-state index contributed by atoms with van der Waals surface area (Å²) in [4.78, 5) is 19.1. The highest BCUT2D eigenvalue weighted by Crippen LogP contribution is 2.34. The largest absolute Gasteiger partial charge is 0.419 e. The van der Waals surface area contributed by atoms with E-state index in [1.54, 1.807) is 0 Å². The van der Waals surface area contributed by atoms with Crippen LogP contribution in [0.1, 0.15) is 11.1 Å². The predicted octanol–water partition coefficient (Wildman–Crippen LogP) is 1.66. The molecule has 0 spiro atoms. The average Bonchev–Trinajstić information content (AvgIpc) is 2.24. The number of pyridine rings is 1. The molecule has 0 aliphatic carbocycles. The van der Waals surface area contributed by atoms with Crippen LogP contribution in [0.4, 0.5) is 13.2 Å². The Balaban J connectivity index is 3.07. The van der Waals surface area contributed by atoms with E-state index in [4.69, 9.17) is 0 Å². The van der Waals surface area contributed by atoms with Crippen molar-refractivity contribution < 1.29 is 13.2 Å². The fourth-order valence-electron chi connectivity index (χ4n) is 1.73. The first-order chi connectivity index (χ1) is 7.84. The fourth-order valence-corrected chi connectivity index (χ4v) is 1.73. The molecule has 2 aromatic rings. The molecular weight excluding hydrogens is 235 g/mol. The van der Waals surface area contributed by atoms with E-state index in [-0.39, 0.29) is 16.7 Å². The smallest absolute Gasteiger partial charge is 0.294 e. The number of fused-ring (bicyclic) bond motifs is 1. The van der Waals surface area contributed by atoms with E-state index in [0.717, 1.165) is 11.5 Å². The standard InChI is InChI=1S/C10H8F3N3O/c1-5-6(10(11,12)13)7-8(15-4-3-14-7)16(2)9(5)17/h3-4H,1-2H3. The van der Waals surface area contributed by atoms with Crippen molar-refractivity contribution in [1.82, 2.24) is 14.5 Å². The summed E-state index contributed by atoms with van der Waals surface area (Å²) < 4.78 is 39.7. The van der Waals surface area contributed by atoms with Crippen molar-refractivity contribution in [3.05, 3.63) is 33.9 Å². The maximum Gasteiger partial charge on any atom is 0.419 e. The molecule has 4 nitrogen and oxygen atoms in total. The molecule has 0 aromatic carbocycles. The second-order valence-corrected chi connectivity index (χ2v) is 3.59. The van der Waals surface area contributed by atoms with E-state index >= 15 is 0 Å². The molecule has 0 aliphatic rings. The first-order valence-electron chi connectivity index (χ1n) is 4.71. The first kappa shape index (κ1) is 11.6. The quantitative estimate of drug-likeness (QED) is 0.707. The number of nitrogens with zero attached hydrogens (tertiary/aromatic N) is 3. The number of hydrogen-bond acceptors (Lipinski definition) is 3. The maximum atomic E-state index is 12.9. The topological polar surface area (TPSA) is 47.8 Å². The Morgan fingerprint density at radius 2 is 1.82 bits per heavy atom. The van der Waals surface area contributed by atoms with Crippen molar-refractivity contribution in [2.75, 3.05) is 0 Å². The zero-order chi connectivity index (χ0) is 12.8. The van der Waals surface area contributed by atoms with Gasteiger partial charge in [0.2, 0.25) is 0 Å². The summed E-state index contributed by atoms with van der Waals surface area (Å²) in [6, 6.07) is 0. The molecule has 0 unspecified atom stereocenters. The van der Waals surface area contributed by atoms with E-state index in [1.165, 1.54) is 19.4 Å².